The fourth-order valence-corrected chi connectivity index (χ4v) is 5.59. The molecule has 1 aromatic heterocycles. The smallest absolute Gasteiger partial charge is 0.191 e. The first-order chi connectivity index (χ1) is 11.8. The van der Waals surface area contributed by atoms with E-state index >= 15 is 0 Å². The summed E-state index contributed by atoms with van der Waals surface area (Å²) in [5.41, 5.74) is 2.75. The summed E-state index contributed by atoms with van der Waals surface area (Å²) in [7, 11) is -1.14. The zero-order valence-electron chi connectivity index (χ0n) is 14.5. The van der Waals surface area contributed by atoms with E-state index in [9.17, 15) is 13.2 Å². The van der Waals surface area contributed by atoms with Crippen molar-refractivity contribution in [3.8, 4) is 0 Å². The number of carbonyl (C=O) groups excluding carboxylic acids is 1. The Labute approximate surface area is 152 Å². The van der Waals surface area contributed by atoms with Crippen LogP contribution in [0.25, 0.3) is 0 Å². The molecule has 1 aliphatic rings. The number of aromatic nitrogens is 3. The van der Waals surface area contributed by atoms with E-state index in [2.05, 4.69) is 10.2 Å². The van der Waals surface area contributed by atoms with Crippen molar-refractivity contribution in [3.05, 3.63) is 40.7 Å². The van der Waals surface area contributed by atoms with Crippen molar-refractivity contribution in [2.24, 2.45) is 7.05 Å². The van der Waals surface area contributed by atoms with E-state index in [1.807, 2.05) is 43.7 Å². The summed E-state index contributed by atoms with van der Waals surface area (Å²) in [5.74, 6) is 1.25. The number of aryl methyl sites for hydroxylation is 2. The Hall–Kier alpha value is -1.67. The van der Waals surface area contributed by atoms with Gasteiger partial charge in [-0.25, -0.2) is 8.42 Å². The number of rotatable bonds is 5. The minimum atomic E-state index is -2.96. The average Bonchev–Trinajstić information content (AvgIpc) is 3.09. The summed E-state index contributed by atoms with van der Waals surface area (Å²) >= 11 is 1.33. The zero-order chi connectivity index (χ0) is 18.2. The minimum absolute atomic E-state index is 0.0548. The SMILES string of the molecule is Cc1ccc(C)c(C(=O)CSc2nnc(C3CCS(=O)(=O)C3)n2C)c1. The third-order valence-corrected chi connectivity index (χ3v) is 7.28. The second-order valence-corrected chi connectivity index (χ2v) is 9.70. The van der Waals surface area contributed by atoms with Gasteiger partial charge in [0.05, 0.1) is 17.3 Å². The van der Waals surface area contributed by atoms with Crippen LogP contribution >= 0.6 is 11.8 Å². The first-order valence-corrected chi connectivity index (χ1v) is 10.9. The lowest BCUT2D eigenvalue weighted by Crippen LogP contribution is -2.10. The van der Waals surface area contributed by atoms with E-state index in [-0.39, 0.29) is 29.0 Å². The summed E-state index contributed by atoms with van der Waals surface area (Å²) < 4.78 is 25.1. The van der Waals surface area contributed by atoms with Gasteiger partial charge in [0.25, 0.3) is 0 Å². The lowest BCUT2D eigenvalue weighted by atomic mass is 10.0. The molecular formula is C17H21N3O3S2. The standard InChI is InChI=1S/C17H21N3O3S2/c1-11-4-5-12(2)14(8-11)15(21)9-24-17-19-18-16(20(17)3)13-6-7-25(22,23)10-13/h4-5,8,13H,6-7,9-10H2,1-3H3. The predicted molar refractivity (Wildman–Crippen MR) is 98.0 cm³/mol. The summed E-state index contributed by atoms with van der Waals surface area (Å²) in [4.78, 5) is 12.5. The molecule has 1 atom stereocenters. The zero-order valence-corrected chi connectivity index (χ0v) is 16.2. The molecule has 25 heavy (non-hydrogen) atoms. The van der Waals surface area contributed by atoms with Gasteiger partial charge in [-0.3, -0.25) is 4.79 Å². The Balaban J connectivity index is 1.70. The molecule has 134 valence electrons. The number of hydrogen-bond donors (Lipinski definition) is 0. The highest BCUT2D eigenvalue weighted by molar-refractivity contribution is 7.99. The summed E-state index contributed by atoms with van der Waals surface area (Å²) in [6.07, 6.45) is 0.584. The maximum absolute atomic E-state index is 12.5. The molecule has 0 bridgehead atoms. The molecule has 0 N–H and O–H groups in total. The predicted octanol–water partition coefficient (Wildman–Crippen LogP) is 2.31. The van der Waals surface area contributed by atoms with E-state index in [4.69, 9.17) is 0 Å². The number of benzene rings is 1. The molecule has 8 heteroatoms. The molecule has 1 unspecified atom stereocenters. The fourth-order valence-electron chi connectivity index (χ4n) is 3.05. The van der Waals surface area contributed by atoms with Gasteiger partial charge >= 0.3 is 0 Å². The highest BCUT2D eigenvalue weighted by Gasteiger charge is 2.32. The summed E-state index contributed by atoms with van der Waals surface area (Å²) in [6, 6.07) is 5.85. The van der Waals surface area contributed by atoms with Crippen LogP contribution in [-0.2, 0) is 16.9 Å². The highest BCUT2D eigenvalue weighted by Crippen LogP contribution is 2.29. The molecule has 0 aliphatic carbocycles. The maximum Gasteiger partial charge on any atom is 0.191 e. The molecule has 6 nitrogen and oxygen atoms in total. The number of thioether (sulfide) groups is 1. The first-order valence-electron chi connectivity index (χ1n) is 8.10. The molecule has 1 saturated heterocycles. The Bertz CT molecular complexity index is 919. The molecule has 2 heterocycles. The molecule has 0 saturated carbocycles. The van der Waals surface area contributed by atoms with Crippen molar-refractivity contribution in [1.29, 1.82) is 0 Å². The van der Waals surface area contributed by atoms with Gasteiger partial charge in [0.2, 0.25) is 0 Å². The number of carbonyl (C=O) groups is 1. The molecule has 1 aromatic carbocycles. The Morgan fingerprint density at radius 3 is 2.76 bits per heavy atom. The van der Waals surface area contributed by atoms with E-state index in [1.54, 1.807) is 0 Å². The Morgan fingerprint density at radius 1 is 1.32 bits per heavy atom. The van der Waals surface area contributed by atoms with Crippen LogP contribution in [0.4, 0.5) is 0 Å². The molecular weight excluding hydrogens is 358 g/mol. The van der Waals surface area contributed by atoms with Crippen molar-refractivity contribution >= 4 is 27.4 Å². The van der Waals surface area contributed by atoms with Crippen molar-refractivity contribution < 1.29 is 13.2 Å². The van der Waals surface area contributed by atoms with Gasteiger partial charge < -0.3 is 4.57 Å². The molecule has 0 amide bonds. The van der Waals surface area contributed by atoms with Crippen LogP contribution in [-0.4, -0.2) is 46.2 Å². The van der Waals surface area contributed by atoms with Gasteiger partial charge in [0.15, 0.2) is 20.8 Å². The molecule has 1 aliphatic heterocycles. The van der Waals surface area contributed by atoms with Gasteiger partial charge in [-0.15, -0.1) is 10.2 Å². The third-order valence-electron chi connectivity index (χ3n) is 4.49. The maximum atomic E-state index is 12.5. The molecule has 0 radical (unpaired) electrons. The van der Waals surface area contributed by atoms with Crippen molar-refractivity contribution in [2.45, 2.75) is 31.3 Å². The third kappa shape index (κ3) is 3.95. The number of Topliss-reactive ketones (excluding diaryl/α,β-unsaturated/α-hetero) is 1. The highest BCUT2D eigenvalue weighted by atomic mass is 32.2. The van der Waals surface area contributed by atoms with E-state index in [1.165, 1.54) is 11.8 Å². The van der Waals surface area contributed by atoms with Crippen LogP contribution in [0.5, 0.6) is 0 Å². The van der Waals surface area contributed by atoms with Gasteiger partial charge in [0, 0.05) is 18.5 Å². The van der Waals surface area contributed by atoms with Crippen LogP contribution < -0.4 is 0 Å². The van der Waals surface area contributed by atoms with Gasteiger partial charge in [-0.1, -0.05) is 29.5 Å². The summed E-state index contributed by atoms with van der Waals surface area (Å²) in [5, 5.41) is 8.94. The second kappa shape index (κ2) is 6.92. The van der Waals surface area contributed by atoms with Gasteiger partial charge in [-0.05, 0) is 31.9 Å². The van der Waals surface area contributed by atoms with Crippen LogP contribution in [0, 0.1) is 13.8 Å². The normalized spacial score (nSPS) is 19.2. The second-order valence-electron chi connectivity index (χ2n) is 6.53. The van der Waals surface area contributed by atoms with E-state index in [0.717, 1.165) is 16.7 Å². The minimum Gasteiger partial charge on any atom is -0.309 e. The monoisotopic (exact) mass is 379 g/mol. The largest absolute Gasteiger partial charge is 0.309 e. The number of ketones is 1. The van der Waals surface area contributed by atoms with Gasteiger partial charge in [0.1, 0.15) is 5.82 Å². The first kappa shape index (κ1) is 18.1. The topological polar surface area (TPSA) is 81.9 Å². The van der Waals surface area contributed by atoms with Crippen molar-refractivity contribution in [1.82, 2.24) is 14.8 Å². The quantitative estimate of drug-likeness (QED) is 0.586. The molecule has 0 spiro atoms. The molecule has 3 rings (SSSR count). The van der Waals surface area contributed by atoms with Gasteiger partial charge in [-0.2, -0.15) is 0 Å². The van der Waals surface area contributed by atoms with Crippen LogP contribution in [0.15, 0.2) is 23.4 Å². The number of nitrogens with zero attached hydrogens (tertiary/aromatic N) is 3. The Kier molecular flexibility index (Phi) is 5.02. The summed E-state index contributed by atoms with van der Waals surface area (Å²) in [6.45, 7) is 3.90. The van der Waals surface area contributed by atoms with E-state index < -0.39 is 9.84 Å². The average molecular weight is 380 g/mol. The van der Waals surface area contributed by atoms with E-state index in [0.29, 0.717) is 17.4 Å². The van der Waals surface area contributed by atoms with Crippen LogP contribution in [0.2, 0.25) is 0 Å². The molecule has 2 aromatic rings. The van der Waals surface area contributed by atoms with Crippen LogP contribution in [0.1, 0.15) is 39.6 Å². The lowest BCUT2D eigenvalue weighted by molar-refractivity contribution is 0.102. The number of hydrogen-bond acceptors (Lipinski definition) is 6. The van der Waals surface area contributed by atoms with Crippen molar-refractivity contribution in [3.63, 3.8) is 0 Å². The lowest BCUT2D eigenvalue weighted by Gasteiger charge is -2.08. The van der Waals surface area contributed by atoms with Crippen molar-refractivity contribution in [2.75, 3.05) is 17.3 Å². The Morgan fingerprint density at radius 2 is 2.08 bits per heavy atom. The molecule has 1 fully saturated rings. The fraction of sp³-hybridized carbons (Fsp3) is 0.471. The van der Waals surface area contributed by atoms with Crippen LogP contribution in [0.3, 0.4) is 0 Å². The number of sulfone groups is 1.